The van der Waals surface area contributed by atoms with Gasteiger partial charge in [-0.3, -0.25) is 4.68 Å². The molecule has 2 atom stereocenters. The summed E-state index contributed by atoms with van der Waals surface area (Å²) in [7, 11) is 1.88. The van der Waals surface area contributed by atoms with Crippen molar-refractivity contribution in [3.05, 3.63) is 36.9 Å². The molecule has 1 aliphatic carbocycles. The van der Waals surface area contributed by atoms with Gasteiger partial charge in [0.25, 0.3) is 0 Å². The summed E-state index contributed by atoms with van der Waals surface area (Å²) < 4.78 is 3.35. The van der Waals surface area contributed by atoms with Gasteiger partial charge in [0.2, 0.25) is 5.95 Å². The van der Waals surface area contributed by atoms with Crippen molar-refractivity contribution in [1.29, 1.82) is 0 Å². The predicted octanol–water partition coefficient (Wildman–Crippen LogP) is 1.33. The summed E-state index contributed by atoms with van der Waals surface area (Å²) >= 11 is 0. The number of aromatic nitrogens is 8. The first-order valence-corrected chi connectivity index (χ1v) is 9.14. The fraction of sp³-hybridized carbons (Fsp3) is 0.333. The molecule has 0 aromatic carbocycles. The second-order valence-electron chi connectivity index (χ2n) is 7.02. The Bertz CT molecular complexity index is 1120. The molecule has 142 valence electrons. The molecule has 10 nitrogen and oxygen atoms in total. The minimum Gasteiger partial charge on any atom is -0.393 e. The highest BCUT2D eigenvalue weighted by Gasteiger charge is 2.23. The van der Waals surface area contributed by atoms with Crippen LogP contribution in [0.4, 0.5) is 5.95 Å². The Labute approximate surface area is 160 Å². The van der Waals surface area contributed by atoms with Crippen LogP contribution in [0.1, 0.15) is 19.3 Å². The lowest BCUT2D eigenvalue weighted by molar-refractivity contribution is 0.182. The molecule has 0 aliphatic heterocycles. The van der Waals surface area contributed by atoms with E-state index in [4.69, 9.17) is 0 Å². The minimum atomic E-state index is -0.254. The number of pyridine rings is 1. The van der Waals surface area contributed by atoms with Crippen LogP contribution in [0, 0.1) is 0 Å². The van der Waals surface area contributed by atoms with E-state index in [0.29, 0.717) is 29.4 Å². The van der Waals surface area contributed by atoms with E-state index >= 15 is 0 Å². The Morgan fingerprint density at radius 2 is 2.04 bits per heavy atom. The van der Waals surface area contributed by atoms with Crippen LogP contribution in [0.15, 0.2) is 36.9 Å². The molecule has 1 saturated carbocycles. The zero-order valence-corrected chi connectivity index (χ0v) is 15.3. The predicted molar refractivity (Wildman–Crippen MR) is 102 cm³/mol. The van der Waals surface area contributed by atoms with Gasteiger partial charge in [0, 0.05) is 36.6 Å². The van der Waals surface area contributed by atoms with Crippen LogP contribution in [0.3, 0.4) is 0 Å². The lowest BCUT2D eigenvalue weighted by Crippen LogP contribution is -2.18. The molecule has 0 spiro atoms. The maximum absolute atomic E-state index is 9.70. The number of aliphatic hydroxyl groups is 1. The number of anilines is 1. The van der Waals surface area contributed by atoms with Gasteiger partial charge < -0.3 is 10.4 Å². The van der Waals surface area contributed by atoms with Gasteiger partial charge in [0.1, 0.15) is 0 Å². The average molecular weight is 377 g/mol. The number of nitrogens with zero attached hydrogens (tertiary/aromatic N) is 8. The normalized spacial score (nSPS) is 19.4. The highest BCUT2D eigenvalue weighted by molar-refractivity contribution is 5.72. The fourth-order valence-corrected chi connectivity index (χ4v) is 3.48. The third kappa shape index (κ3) is 3.07. The quantitative estimate of drug-likeness (QED) is 0.547. The highest BCUT2D eigenvalue weighted by Crippen LogP contribution is 2.23. The van der Waals surface area contributed by atoms with Crippen molar-refractivity contribution in [1.82, 2.24) is 39.7 Å². The minimum absolute atomic E-state index is 0.175. The first-order valence-electron chi connectivity index (χ1n) is 9.14. The van der Waals surface area contributed by atoms with E-state index in [1.54, 1.807) is 28.0 Å². The Morgan fingerprint density at radius 1 is 1.11 bits per heavy atom. The molecular formula is C18H19N9O. The zero-order valence-electron chi connectivity index (χ0n) is 15.3. The molecule has 5 rings (SSSR count). The van der Waals surface area contributed by atoms with Gasteiger partial charge in [0.05, 0.1) is 18.5 Å². The van der Waals surface area contributed by atoms with Crippen molar-refractivity contribution in [3.63, 3.8) is 0 Å². The molecular weight excluding hydrogens is 358 g/mol. The molecule has 4 aromatic rings. The zero-order chi connectivity index (χ0) is 19.1. The summed E-state index contributed by atoms with van der Waals surface area (Å²) in [6.45, 7) is 0. The highest BCUT2D eigenvalue weighted by atomic mass is 16.3. The van der Waals surface area contributed by atoms with E-state index in [0.717, 1.165) is 24.0 Å². The number of hydrogen-bond acceptors (Lipinski definition) is 8. The molecule has 0 amide bonds. The summed E-state index contributed by atoms with van der Waals surface area (Å²) in [6, 6.07) is 4.01. The van der Waals surface area contributed by atoms with Crippen molar-refractivity contribution >= 4 is 17.1 Å². The molecule has 10 heteroatoms. The number of hydrogen-bond donors (Lipinski definition) is 2. The SMILES string of the molecule is Cn1cc(-c2ccc(-n3nnc4cnc(N[C@@H]5CC[C@@H](O)C5)nc43)nc2)cn1. The Kier molecular flexibility index (Phi) is 3.97. The van der Waals surface area contributed by atoms with Crippen LogP contribution in [-0.4, -0.2) is 57.0 Å². The van der Waals surface area contributed by atoms with E-state index in [9.17, 15) is 5.11 Å². The second-order valence-corrected chi connectivity index (χ2v) is 7.02. The first kappa shape index (κ1) is 16.8. The van der Waals surface area contributed by atoms with E-state index in [-0.39, 0.29) is 12.1 Å². The van der Waals surface area contributed by atoms with Crippen molar-refractivity contribution < 1.29 is 5.11 Å². The number of nitrogens with one attached hydrogen (secondary N) is 1. The summed E-state index contributed by atoms with van der Waals surface area (Å²) in [6.07, 6.45) is 9.31. The van der Waals surface area contributed by atoms with Crippen LogP contribution >= 0.6 is 0 Å². The van der Waals surface area contributed by atoms with Gasteiger partial charge >= 0.3 is 0 Å². The largest absolute Gasteiger partial charge is 0.393 e. The van der Waals surface area contributed by atoms with Crippen molar-refractivity contribution in [2.75, 3.05) is 5.32 Å². The summed E-state index contributed by atoms with van der Waals surface area (Å²) in [5.74, 6) is 1.12. The lowest BCUT2D eigenvalue weighted by atomic mass is 10.2. The number of aliphatic hydroxyl groups excluding tert-OH is 1. The lowest BCUT2D eigenvalue weighted by Gasteiger charge is -2.11. The van der Waals surface area contributed by atoms with Gasteiger partial charge in [0.15, 0.2) is 17.0 Å². The third-order valence-corrected chi connectivity index (χ3v) is 4.93. The smallest absolute Gasteiger partial charge is 0.225 e. The van der Waals surface area contributed by atoms with Gasteiger partial charge in [-0.1, -0.05) is 5.21 Å². The standard InChI is InChI=1S/C18H19N9O/c1-26-10-12(8-21-26)11-2-5-16(19-7-11)27-17-15(24-25-27)9-20-18(23-17)22-13-3-4-14(28)6-13/h2,5,7-10,13-14,28H,3-4,6H2,1H3,(H,20,22,23)/t13-,14-/m1/s1. The average Bonchev–Trinajstić information content (AvgIpc) is 3.42. The Hall–Kier alpha value is -3.40. The molecule has 0 saturated heterocycles. The number of rotatable bonds is 4. The molecule has 4 aromatic heterocycles. The van der Waals surface area contributed by atoms with E-state index < -0.39 is 0 Å². The molecule has 1 fully saturated rings. The Balaban J connectivity index is 1.44. The number of aryl methyl sites for hydroxylation is 1. The topological polar surface area (TPSA) is 119 Å². The van der Waals surface area contributed by atoms with Crippen LogP contribution < -0.4 is 5.32 Å². The molecule has 0 bridgehead atoms. The molecule has 1 aliphatic rings. The van der Waals surface area contributed by atoms with Crippen LogP contribution in [0.25, 0.3) is 28.1 Å². The van der Waals surface area contributed by atoms with E-state index in [1.807, 2.05) is 25.4 Å². The first-order chi connectivity index (χ1) is 13.7. The molecule has 4 heterocycles. The summed E-state index contributed by atoms with van der Waals surface area (Å²) in [5.41, 5.74) is 3.14. The van der Waals surface area contributed by atoms with Crippen LogP contribution in [-0.2, 0) is 7.05 Å². The van der Waals surface area contributed by atoms with Crippen LogP contribution in [0.5, 0.6) is 0 Å². The van der Waals surface area contributed by atoms with Crippen molar-refractivity contribution in [3.8, 4) is 16.9 Å². The Morgan fingerprint density at radius 3 is 2.75 bits per heavy atom. The second kappa shape index (κ2) is 6.64. The monoisotopic (exact) mass is 377 g/mol. The maximum atomic E-state index is 9.70. The van der Waals surface area contributed by atoms with Crippen molar-refractivity contribution in [2.45, 2.75) is 31.4 Å². The summed E-state index contributed by atoms with van der Waals surface area (Å²) in [5, 5.41) is 25.5. The third-order valence-electron chi connectivity index (χ3n) is 4.93. The maximum Gasteiger partial charge on any atom is 0.225 e. The molecule has 28 heavy (non-hydrogen) atoms. The van der Waals surface area contributed by atoms with Crippen LogP contribution in [0.2, 0.25) is 0 Å². The van der Waals surface area contributed by atoms with Gasteiger partial charge in [-0.25, -0.2) is 9.97 Å². The molecule has 0 unspecified atom stereocenters. The fourth-order valence-electron chi connectivity index (χ4n) is 3.48. The molecule has 0 radical (unpaired) electrons. The van der Waals surface area contributed by atoms with E-state index in [2.05, 4.69) is 35.7 Å². The summed E-state index contributed by atoms with van der Waals surface area (Å²) in [4.78, 5) is 13.4. The molecule has 2 N–H and O–H groups in total. The number of fused-ring (bicyclic) bond motifs is 1. The van der Waals surface area contributed by atoms with E-state index in [1.165, 1.54) is 0 Å². The van der Waals surface area contributed by atoms with Crippen molar-refractivity contribution in [2.24, 2.45) is 7.05 Å². The van der Waals surface area contributed by atoms with Gasteiger partial charge in [-0.15, -0.1) is 5.10 Å². The van der Waals surface area contributed by atoms with Gasteiger partial charge in [-0.05, 0) is 31.4 Å². The van der Waals surface area contributed by atoms with Gasteiger partial charge in [-0.2, -0.15) is 14.8 Å².